The lowest BCUT2D eigenvalue weighted by atomic mass is 10.3. The number of methoxy groups -OCH3 is 1. The molecule has 1 heterocycles. The molecule has 1 amide bonds. The average molecular weight is 213 g/mol. The second-order valence-corrected chi connectivity index (χ2v) is 2.82. The first-order valence-corrected chi connectivity index (χ1v) is 4.21. The Labute approximate surface area is 85.6 Å². The molecule has 0 aromatic carbocycles. The number of tetrazole rings is 1. The molecule has 1 aromatic heterocycles. The van der Waals surface area contributed by atoms with Gasteiger partial charge >= 0.3 is 5.97 Å². The van der Waals surface area contributed by atoms with Gasteiger partial charge in [-0.3, -0.25) is 4.79 Å². The van der Waals surface area contributed by atoms with E-state index in [0.717, 1.165) is 0 Å². The molecule has 8 nitrogen and oxygen atoms in total. The molecule has 0 spiro atoms. The molecule has 1 aromatic rings. The van der Waals surface area contributed by atoms with E-state index in [4.69, 9.17) is 0 Å². The molecule has 0 saturated heterocycles. The highest BCUT2D eigenvalue weighted by atomic mass is 16.5. The van der Waals surface area contributed by atoms with Gasteiger partial charge < -0.3 is 10.1 Å². The first kappa shape index (κ1) is 11.1. The van der Waals surface area contributed by atoms with Crippen molar-refractivity contribution in [2.45, 2.75) is 19.5 Å². The summed E-state index contributed by atoms with van der Waals surface area (Å²) in [4.78, 5) is 22.3. The van der Waals surface area contributed by atoms with Crippen molar-refractivity contribution in [1.29, 1.82) is 0 Å². The van der Waals surface area contributed by atoms with Crippen molar-refractivity contribution in [2.75, 3.05) is 7.11 Å². The van der Waals surface area contributed by atoms with E-state index >= 15 is 0 Å². The van der Waals surface area contributed by atoms with E-state index in [1.165, 1.54) is 25.0 Å². The summed E-state index contributed by atoms with van der Waals surface area (Å²) >= 11 is 0. The van der Waals surface area contributed by atoms with Gasteiger partial charge in [-0.2, -0.15) is 0 Å². The van der Waals surface area contributed by atoms with E-state index < -0.39 is 12.0 Å². The monoisotopic (exact) mass is 213 g/mol. The van der Waals surface area contributed by atoms with Gasteiger partial charge in [0.15, 0.2) is 0 Å². The fourth-order valence-corrected chi connectivity index (χ4v) is 0.923. The molecular weight excluding hydrogens is 202 g/mol. The minimum atomic E-state index is -0.681. The second kappa shape index (κ2) is 5.03. The van der Waals surface area contributed by atoms with Gasteiger partial charge in [-0.15, -0.1) is 5.10 Å². The molecule has 0 aliphatic carbocycles. The van der Waals surface area contributed by atoms with Crippen LogP contribution in [0, 0.1) is 0 Å². The Morgan fingerprint density at radius 3 is 2.87 bits per heavy atom. The summed E-state index contributed by atoms with van der Waals surface area (Å²) in [5.74, 6) is -0.861. The first-order chi connectivity index (χ1) is 7.13. The van der Waals surface area contributed by atoms with Gasteiger partial charge in [0.1, 0.15) is 18.9 Å². The number of carbonyl (C=O) groups excluding carboxylic acids is 2. The highest BCUT2D eigenvalue weighted by Gasteiger charge is 2.15. The van der Waals surface area contributed by atoms with Crippen LogP contribution in [0.1, 0.15) is 6.92 Å². The van der Waals surface area contributed by atoms with Crippen molar-refractivity contribution in [3.63, 3.8) is 0 Å². The Morgan fingerprint density at radius 1 is 1.60 bits per heavy atom. The van der Waals surface area contributed by atoms with E-state index in [9.17, 15) is 9.59 Å². The predicted octanol–water partition coefficient (Wildman–Crippen LogP) is -1.65. The second-order valence-electron chi connectivity index (χ2n) is 2.82. The van der Waals surface area contributed by atoms with Crippen LogP contribution in [0.3, 0.4) is 0 Å². The van der Waals surface area contributed by atoms with E-state index in [0.29, 0.717) is 0 Å². The van der Waals surface area contributed by atoms with Crippen LogP contribution < -0.4 is 5.32 Å². The number of amides is 1. The van der Waals surface area contributed by atoms with Crippen molar-refractivity contribution >= 4 is 11.9 Å². The lowest BCUT2D eigenvalue weighted by Crippen LogP contribution is -2.40. The molecular formula is C7H11N5O3. The van der Waals surface area contributed by atoms with Gasteiger partial charge in [0.05, 0.1) is 7.11 Å². The number of ether oxygens (including phenoxy) is 1. The van der Waals surface area contributed by atoms with Crippen molar-refractivity contribution in [3.8, 4) is 0 Å². The normalized spacial score (nSPS) is 11.9. The fraction of sp³-hybridized carbons (Fsp3) is 0.571. The van der Waals surface area contributed by atoms with Gasteiger partial charge in [-0.1, -0.05) is 0 Å². The Morgan fingerprint density at radius 2 is 2.33 bits per heavy atom. The van der Waals surface area contributed by atoms with E-state index in [-0.39, 0.29) is 12.5 Å². The largest absolute Gasteiger partial charge is 0.467 e. The van der Waals surface area contributed by atoms with Gasteiger partial charge in [0.25, 0.3) is 0 Å². The third-order valence-corrected chi connectivity index (χ3v) is 1.63. The van der Waals surface area contributed by atoms with E-state index in [1.54, 1.807) is 0 Å². The number of esters is 1. The van der Waals surface area contributed by atoms with Gasteiger partial charge in [-0.05, 0) is 17.4 Å². The number of aromatic nitrogens is 4. The third kappa shape index (κ3) is 3.33. The Balaban J connectivity index is 2.39. The fourth-order valence-electron chi connectivity index (χ4n) is 0.923. The van der Waals surface area contributed by atoms with Crippen LogP contribution in [0.25, 0.3) is 0 Å². The predicted molar refractivity (Wildman–Crippen MR) is 47.4 cm³/mol. The number of hydrogen-bond donors (Lipinski definition) is 1. The minimum absolute atomic E-state index is 0.0334. The smallest absolute Gasteiger partial charge is 0.328 e. The van der Waals surface area contributed by atoms with Gasteiger partial charge in [-0.25, -0.2) is 9.48 Å². The zero-order valence-corrected chi connectivity index (χ0v) is 8.38. The van der Waals surface area contributed by atoms with Crippen LogP contribution >= 0.6 is 0 Å². The van der Waals surface area contributed by atoms with Crippen LogP contribution in [0.5, 0.6) is 0 Å². The van der Waals surface area contributed by atoms with Crippen LogP contribution in [-0.2, 0) is 20.9 Å². The van der Waals surface area contributed by atoms with Crippen molar-refractivity contribution in [1.82, 2.24) is 25.5 Å². The molecule has 1 unspecified atom stereocenters. The van der Waals surface area contributed by atoms with Crippen LogP contribution in [-0.4, -0.2) is 45.2 Å². The Kier molecular flexibility index (Phi) is 3.72. The zero-order valence-electron chi connectivity index (χ0n) is 8.38. The van der Waals surface area contributed by atoms with Crippen molar-refractivity contribution < 1.29 is 14.3 Å². The van der Waals surface area contributed by atoms with Crippen LogP contribution in [0.2, 0.25) is 0 Å². The van der Waals surface area contributed by atoms with Crippen molar-refractivity contribution in [3.05, 3.63) is 6.33 Å². The van der Waals surface area contributed by atoms with Crippen LogP contribution in [0.4, 0.5) is 0 Å². The Hall–Kier alpha value is -1.99. The highest BCUT2D eigenvalue weighted by Crippen LogP contribution is 1.87. The lowest BCUT2D eigenvalue weighted by molar-refractivity contribution is -0.144. The summed E-state index contributed by atoms with van der Waals surface area (Å²) in [7, 11) is 1.26. The molecule has 0 radical (unpaired) electrons. The maximum absolute atomic E-state index is 11.3. The maximum Gasteiger partial charge on any atom is 0.328 e. The van der Waals surface area contributed by atoms with Gasteiger partial charge in [0, 0.05) is 0 Å². The first-order valence-electron chi connectivity index (χ1n) is 4.21. The number of nitrogens with one attached hydrogen (secondary N) is 1. The molecule has 0 aliphatic heterocycles. The van der Waals surface area contributed by atoms with Crippen molar-refractivity contribution in [2.24, 2.45) is 0 Å². The summed E-state index contributed by atoms with van der Waals surface area (Å²) in [5, 5.41) is 12.7. The SMILES string of the molecule is COC(=O)C(C)NC(=O)Cn1cnnn1. The highest BCUT2D eigenvalue weighted by molar-refractivity contribution is 5.83. The lowest BCUT2D eigenvalue weighted by Gasteiger charge is -2.10. The van der Waals surface area contributed by atoms with Gasteiger partial charge in [0.2, 0.25) is 5.91 Å². The molecule has 1 rings (SSSR count). The average Bonchev–Trinajstić information content (AvgIpc) is 2.68. The number of hydrogen-bond acceptors (Lipinski definition) is 6. The minimum Gasteiger partial charge on any atom is -0.467 e. The van der Waals surface area contributed by atoms with E-state index in [2.05, 4.69) is 25.6 Å². The molecule has 0 bridgehead atoms. The number of carbonyl (C=O) groups is 2. The number of nitrogens with zero attached hydrogens (tertiary/aromatic N) is 4. The maximum atomic E-state index is 11.3. The Bertz CT molecular complexity index is 336. The van der Waals surface area contributed by atoms with Crippen LogP contribution in [0.15, 0.2) is 6.33 Å². The molecule has 0 fully saturated rings. The summed E-state index contributed by atoms with van der Waals surface area (Å²) in [6.45, 7) is 1.50. The topological polar surface area (TPSA) is 99.0 Å². The summed E-state index contributed by atoms with van der Waals surface area (Å²) in [5.41, 5.74) is 0. The summed E-state index contributed by atoms with van der Waals surface area (Å²) < 4.78 is 5.70. The third-order valence-electron chi connectivity index (χ3n) is 1.63. The molecule has 1 atom stereocenters. The molecule has 0 aliphatic rings. The number of rotatable bonds is 4. The molecule has 15 heavy (non-hydrogen) atoms. The molecule has 0 saturated carbocycles. The quantitative estimate of drug-likeness (QED) is 0.601. The zero-order chi connectivity index (χ0) is 11.3. The molecule has 82 valence electrons. The molecule has 8 heteroatoms. The molecule has 1 N–H and O–H groups in total. The summed E-state index contributed by atoms with van der Waals surface area (Å²) in [6, 6.07) is -0.681. The van der Waals surface area contributed by atoms with E-state index in [1.807, 2.05) is 0 Å². The summed E-state index contributed by atoms with van der Waals surface area (Å²) in [6.07, 6.45) is 1.31. The standard InChI is InChI=1S/C7H11N5O3/c1-5(7(14)15-2)9-6(13)3-12-4-8-10-11-12/h4-5H,3H2,1-2H3,(H,9,13).